The van der Waals surface area contributed by atoms with Gasteiger partial charge in [0, 0.05) is 33.0 Å². The molecule has 35 unspecified atom stereocenters. The quantitative estimate of drug-likeness (QED) is 0.0346. The minimum absolute atomic E-state index is 0.113. The van der Waals surface area contributed by atoms with Crippen molar-refractivity contribution in [1.29, 1.82) is 0 Å². The molecule has 0 saturated heterocycles. The zero-order valence-corrected chi connectivity index (χ0v) is 61.4. The van der Waals surface area contributed by atoms with Crippen LogP contribution < -0.4 is 0 Å². The monoisotopic (exact) mass is 1300 g/mol. The van der Waals surface area contributed by atoms with Crippen LogP contribution in [0.1, 0.15) is 219 Å². The van der Waals surface area contributed by atoms with Gasteiger partial charge in [-0.3, -0.25) is 4.79 Å². The van der Waals surface area contributed by atoms with Crippen molar-refractivity contribution in [1.82, 2.24) is 0 Å². The van der Waals surface area contributed by atoms with E-state index in [1.807, 2.05) is 0 Å². The zero-order valence-electron chi connectivity index (χ0n) is 61.4. The molecule has 11 nitrogen and oxygen atoms in total. The normalized spacial score (nSPS) is 48.2. The molecule has 0 amide bonds. The Labute approximate surface area is 563 Å². The molecule has 14 fully saturated rings. The predicted octanol–water partition coefficient (Wildman–Crippen LogP) is 15.5. The number of aliphatic hydroxyl groups is 6. The van der Waals surface area contributed by atoms with Crippen LogP contribution in [0.15, 0.2) is 0 Å². The molecule has 0 aliphatic heterocycles. The van der Waals surface area contributed by atoms with E-state index in [1.165, 1.54) is 103 Å². The molecular weight excluding hydrogens is 1150 g/mol. The van der Waals surface area contributed by atoms with Gasteiger partial charge in [-0.1, -0.05) is 96.9 Å². The summed E-state index contributed by atoms with van der Waals surface area (Å²) in [4.78, 5) is 10.0. The molecule has 0 heterocycles. The summed E-state index contributed by atoms with van der Waals surface area (Å²) in [6, 6.07) is 0. The third-order valence-electron chi connectivity index (χ3n) is 32.2. The Balaban J connectivity index is 0.000000138. The van der Waals surface area contributed by atoms with Gasteiger partial charge in [-0.15, -0.1) is 0 Å². The second kappa shape index (κ2) is 36.4. The summed E-state index contributed by atoms with van der Waals surface area (Å²) in [5.74, 6) is 31.7. The van der Waals surface area contributed by atoms with Crippen LogP contribution in [0.3, 0.4) is 0 Å². The van der Waals surface area contributed by atoms with Gasteiger partial charge in [-0.05, 0) is 329 Å². The molecule has 536 valence electrons. The molecule has 14 aliphatic carbocycles. The fourth-order valence-electron chi connectivity index (χ4n) is 25.3. The summed E-state index contributed by atoms with van der Waals surface area (Å²) in [6.07, 6.45) is 25.3. The van der Waals surface area contributed by atoms with Crippen molar-refractivity contribution in [2.24, 2.45) is 207 Å². The number of hydrogen-bond donors (Lipinski definition) is 6. The smallest absolute Gasteiger partial charge is 0.293 e. The lowest BCUT2D eigenvalue weighted by atomic mass is 9.74. The highest BCUT2D eigenvalue weighted by atomic mass is 16.6. The van der Waals surface area contributed by atoms with Crippen LogP contribution >= 0.6 is 0 Å². The van der Waals surface area contributed by atoms with Crippen LogP contribution in [0.2, 0.25) is 0 Å². The molecule has 0 aromatic rings. The second-order valence-corrected chi connectivity index (χ2v) is 35.4. The Morgan fingerprint density at radius 2 is 0.576 bits per heavy atom. The first kappa shape index (κ1) is 76.9. The average molecular weight is 1300 g/mol. The maximum Gasteiger partial charge on any atom is 0.293 e. The van der Waals surface area contributed by atoms with Crippen LogP contribution in [0.4, 0.5) is 0 Å². The van der Waals surface area contributed by atoms with E-state index in [1.54, 1.807) is 0 Å². The molecule has 14 rings (SSSR count). The molecule has 92 heavy (non-hydrogen) atoms. The Bertz CT molecular complexity index is 2040. The highest BCUT2D eigenvalue weighted by Crippen LogP contribution is 2.61. The maximum atomic E-state index is 10.0. The van der Waals surface area contributed by atoms with Gasteiger partial charge in [0.2, 0.25) is 0 Å². The molecule has 6 N–H and O–H groups in total. The SMILES string of the molecule is CC1C2CC(CCCO)C(C2)C1C.CC1C2CC(CCO)C(C2)C1C.CC1C2CC(CCOC=O)C(C2)C1C.CC1C2CC(CCOCCO)C(C2)C1C.CC1C2CC(CO)C(C2)C1C.CC1C2CC(COCCO)C(C2)C1C.CC1C2CC(COCO)C(C2)C1C. The van der Waals surface area contributed by atoms with Gasteiger partial charge in [-0.2, -0.15) is 0 Å². The lowest BCUT2D eigenvalue weighted by Gasteiger charge is -2.31. The largest absolute Gasteiger partial charge is 0.468 e. The molecule has 0 aromatic carbocycles. The van der Waals surface area contributed by atoms with Gasteiger partial charge in [0.1, 0.15) is 6.79 Å². The molecule has 0 aromatic heterocycles. The molecule has 14 saturated carbocycles. The van der Waals surface area contributed by atoms with E-state index >= 15 is 0 Å². The second-order valence-electron chi connectivity index (χ2n) is 35.4. The molecule has 35 atom stereocenters. The zero-order chi connectivity index (χ0) is 66.7. The maximum absolute atomic E-state index is 10.0. The van der Waals surface area contributed by atoms with Gasteiger partial charge < -0.3 is 49.6 Å². The fourth-order valence-corrected chi connectivity index (χ4v) is 25.3. The first-order valence-corrected chi connectivity index (χ1v) is 39.6. The van der Waals surface area contributed by atoms with Crippen molar-refractivity contribution in [2.75, 3.05) is 79.5 Å². The number of aliphatic hydroxyl groups excluding tert-OH is 6. The van der Waals surface area contributed by atoms with E-state index in [0.29, 0.717) is 52.0 Å². The van der Waals surface area contributed by atoms with Crippen molar-refractivity contribution >= 4 is 6.47 Å². The van der Waals surface area contributed by atoms with Crippen molar-refractivity contribution in [3.63, 3.8) is 0 Å². The van der Waals surface area contributed by atoms with Crippen molar-refractivity contribution in [3.8, 4) is 0 Å². The van der Waals surface area contributed by atoms with Gasteiger partial charge in [0.25, 0.3) is 6.47 Å². The summed E-state index contributed by atoms with van der Waals surface area (Å²) in [6.45, 7) is 39.7. The van der Waals surface area contributed by atoms with Crippen LogP contribution in [0.25, 0.3) is 0 Å². The number of rotatable bonds is 22. The number of ether oxygens (including phenoxy) is 4. The van der Waals surface area contributed by atoms with E-state index in [0.717, 1.165) is 240 Å². The Morgan fingerprint density at radius 1 is 0.283 bits per heavy atom. The summed E-state index contributed by atoms with van der Waals surface area (Å²) in [7, 11) is 0. The van der Waals surface area contributed by atoms with Crippen molar-refractivity contribution in [3.05, 3.63) is 0 Å². The lowest BCUT2D eigenvalue weighted by molar-refractivity contribution is -0.129. The van der Waals surface area contributed by atoms with E-state index in [9.17, 15) is 4.79 Å². The van der Waals surface area contributed by atoms with Crippen molar-refractivity contribution in [2.45, 2.75) is 219 Å². The fraction of sp³-hybridized carbons (Fsp3) is 0.988. The lowest BCUT2D eigenvalue weighted by Crippen LogP contribution is -2.27. The summed E-state index contributed by atoms with van der Waals surface area (Å²) in [5.41, 5.74) is 0. The van der Waals surface area contributed by atoms with Gasteiger partial charge in [0.05, 0.1) is 39.6 Å². The van der Waals surface area contributed by atoms with Gasteiger partial charge in [0.15, 0.2) is 0 Å². The van der Waals surface area contributed by atoms with Crippen LogP contribution in [-0.4, -0.2) is 117 Å². The van der Waals surface area contributed by atoms with E-state index in [2.05, 4.69) is 96.9 Å². The van der Waals surface area contributed by atoms with E-state index in [4.69, 9.17) is 49.6 Å². The average Bonchev–Trinajstić information content (AvgIpc) is 1.75. The Morgan fingerprint density at radius 3 is 0.880 bits per heavy atom. The number of hydrogen-bond acceptors (Lipinski definition) is 11. The van der Waals surface area contributed by atoms with Gasteiger partial charge in [-0.25, -0.2) is 0 Å². The third-order valence-corrected chi connectivity index (χ3v) is 32.2. The first-order valence-electron chi connectivity index (χ1n) is 39.6. The summed E-state index contributed by atoms with van der Waals surface area (Å²) in [5, 5.41) is 52.7. The molecule has 0 radical (unpaired) electrons. The molecule has 0 spiro atoms. The Kier molecular flexibility index (Phi) is 30.4. The topological polar surface area (TPSA) is 175 Å². The standard InChI is InChI=1S/C13H24O2.C12H22O2.C12H20O2.C12H22O.C11H20O2.C11H20O.C10H18O/c1-9-10(2)13-8-12(9)7-11(13)3-5-15-6-4-14;1-8-9(2)12-6-10(8)5-11(12)7-14-4-3-13;1-8-9(2)12-6-11(8)5-10(12)3-4-14-7-13;1-8-9(2)12-7-11(8)6-10(12)4-3-5-13;1-7-8(2)11-4-9(7)3-10(11)5-13-6-12;1-7-8(2)11-6-10(7)5-9(11)3-4-12;1-6-7(2)10-4-8(6)3-9(10)5-11/h9-14H,3-8H2,1-2H3;8-13H,3-7H2,1-2H3;7-12H,3-6H2,1-2H3;8-13H,3-7H2,1-2H3;7-12H,3-6H2,1-2H3;7-12H,3-6H2,1-2H3;6-11H,3-5H2,1-2H3. The van der Waals surface area contributed by atoms with Crippen molar-refractivity contribution < 1.29 is 54.4 Å². The predicted molar refractivity (Wildman–Crippen MR) is 371 cm³/mol. The van der Waals surface area contributed by atoms with E-state index < -0.39 is 0 Å². The van der Waals surface area contributed by atoms with Gasteiger partial charge >= 0.3 is 0 Å². The summed E-state index contributed by atoms with van der Waals surface area (Å²) >= 11 is 0. The number of carbonyl (C=O) groups excluding carboxylic acids is 1. The minimum atomic E-state index is -0.113. The minimum Gasteiger partial charge on any atom is -0.468 e. The third kappa shape index (κ3) is 18.0. The van der Waals surface area contributed by atoms with Crippen LogP contribution in [0.5, 0.6) is 0 Å². The molecule has 14 aliphatic rings. The van der Waals surface area contributed by atoms with Crippen LogP contribution in [0, 0.1) is 207 Å². The summed E-state index contributed by atoms with van der Waals surface area (Å²) < 4.78 is 20.7. The number of fused-ring (bicyclic) bond motifs is 14. The molecule has 11 heteroatoms. The van der Waals surface area contributed by atoms with E-state index in [-0.39, 0.29) is 20.0 Å². The highest BCUT2D eigenvalue weighted by molar-refractivity contribution is 5.36. The molecular formula is C81H146O11. The Hall–Kier alpha value is -0.890. The van der Waals surface area contributed by atoms with Crippen LogP contribution in [-0.2, 0) is 23.7 Å². The number of carbonyl (C=O) groups is 1. The first-order chi connectivity index (χ1) is 44.2. The highest BCUT2D eigenvalue weighted by Gasteiger charge is 2.54. The molecule has 14 bridgehead atoms.